The molecule has 0 atom stereocenters. The minimum Gasteiger partial charge on any atom is -0.311 e. The molecule has 16 rings (SSSR count). The Morgan fingerprint density at radius 3 is 1.28 bits per heavy atom. The summed E-state index contributed by atoms with van der Waals surface area (Å²) >= 11 is 0. The van der Waals surface area contributed by atoms with Crippen LogP contribution < -0.4 is 26.2 Å². The van der Waals surface area contributed by atoms with E-state index in [-0.39, 0.29) is 12.1 Å². The van der Waals surface area contributed by atoms with Crippen molar-refractivity contribution in [3.8, 4) is 44.5 Å². The predicted octanol–water partition coefficient (Wildman–Crippen LogP) is 17.7. The van der Waals surface area contributed by atoms with E-state index in [1.807, 2.05) is 0 Å². The Kier molecular flexibility index (Phi) is 9.21. The molecule has 0 saturated carbocycles. The van der Waals surface area contributed by atoms with Crippen LogP contribution in [0.3, 0.4) is 0 Å². The zero-order valence-electron chi connectivity index (χ0n) is 42.3. The summed E-state index contributed by atoms with van der Waals surface area (Å²) in [6, 6.07) is 98.2. The first-order valence-corrected chi connectivity index (χ1v) is 26.7. The summed E-state index contributed by atoms with van der Waals surface area (Å²) in [6.45, 7) is 4.70. The highest BCUT2D eigenvalue weighted by Gasteiger charge is 2.45. The van der Waals surface area contributed by atoms with Crippen molar-refractivity contribution in [2.45, 2.75) is 19.3 Å². The van der Waals surface area contributed by atoms with Gasteiger partial charge in [-0.25, -0.2) is 0 Å². The molecule has 2 aliphatic heterocycles. The number of fused-ring (bicyclic) bond motifs is 15. The summed E-state index contributed by atoms with van der Waals surface area (Å²) in [6.07, 6.45) is 0. The van der Waals surface area contributed by atoms with Gasteiger partial charge < -0.3 is 9.80 Å². The lowest BCUT2D eigenvalue weighted by Gasteiger charge is -2.45. The molecule has 0 N–H and O–H groups in total. The zero-order valence-corrected chi connectivity index (χ0v) is 42.3. The smallest absolute Gasteiger partial charge is 0.252 e. The second-order valence-corrected chi connectivity index (χ2v) is 21.6. The van der Waals surface area contributed by atoms with E-state index in [2.05, 4.69) is 285 Å². The van der Waals surface area contributed by atoms with Crippen LogP contribution in [0.2, 0.25) is 0 Å². The molecule has 76 heavy (non-hydrogen) atoms. The third kappa shape index (κ3) is 6.23. The fourth-order valence-electron chi connectivity index (χ4n) is 13.6. The van der Waals surface area contributed by atoms with Crippen LogP contribution in [0.1, 0.15) is 25.0 Å². The average molecular weight is 965 g/mol. The molecular weight excluding hydrogens is 916 g/mol. The van der Waals surface area contributed by atoms with Gasteiger partial charge in [-0.3, -0.25) is 0 Å². The van der Waals surface area contributed by atoms with Crippen molar-refractivity contribution in [3.63, 3.8) is 0 Å². The second kappa shape index (κ2) is 16.3. The van der Waals surface area contributed by atoms with E-state index in [0.29, 0.717) is 0 Å². The molecule has 0 bridgehead atoms. The Balaban J connectivity index is 1.03. The first-order valence-electron chi connectivity index (χ1n) is 26.7. The predicted molar refractivity (Wildman–Crippen MR) is 324 cm³/mol. The molecule has 0 radical (unpaired) electrons. The van der Waals surface area contributed by atoms with E-state index in [1.54, 1.807) is 0 Å². The molecule has 0 spiro atoms. The average Bonchev–Trinajstić information content (AvgIpc) is 3.86. The largest absolute Gasteiger partial charge is 0.311 e. The lowest BCUT2D eigenvalue weighted by molar-refractivity contribution is 0.660. The Bertz CT molecular complexity index is 4310. The Labute approximate surface area is 443 Å². The Morgan fingerprint density at radius 2 is 0.737 bits per heavy atom. The van der Waals surface area contributed by atoms with Crippen LogP contribution in [-0.2, 0) is 5.41 Å². The van der Waals surface area contributed by atoms with Crippen LogP contribution in [0.15, 0.2) is 261 Å². The van der Waals surface area contributed by atoms with Crippen LogP contribution in [-0.4, -0.2) is 6.71 Å². The van der Waals surface area contributed by atoms with Crippen LogP contribution in [0.5, 0.6) is 0 Å². The summed E-state index contributed by atoms with van der Waals surface area (Å²) < 4.78 is 0. The van der Waals surface area contributed by atoms with E-state index >= 15 is 0 Å². The van der Waals surface area contributed by atoms with E-state index in [0.717, 1.165) is 11.4 Å². The van der Waals surface area contributed by atoms with E-state index in [4.69, 9.17) is 0 Å². The highest BCUT2D eigenvalue weighted by molar-refractivity contribution is 7.01. The molecule has 2 heterocycles. The van der Waals surface area contributed by atoms with Gasteiger partial charge in [-0.15, -0.1) is 0 Å². The van der Waals surface area contributed by atoms with Gasteiger partial charge in [-0.1, -0.05) is 232 Å². The molecule has 0 aromatic heterocycles. The molecule has 13 aromatic rings. The normalized spacial score (nSPS) is 13.7. The lowest BCUT2D eigenvalue weighted by Crippen LogP contribution is -2.61. The number of hydrogen-bond donors (Lipinski definition) is 0. The van der Waals surface area contributed by atoms with Crippen LogP contribution in [0, 0.1) is 0 Å². The van der Waals surface area contributed by atoms with Crippen molar-refractivity contribution >= 4 is 100 Å². The van der Waals surface area contributed by atoms with Gasteiger partial charge in [0.15, 0.2) is 0 Å². The van der Waals surface area contributed by atoms with Crippen molar-refractivity contribution in [1.29, 1.82) is 0 Å². The van der Waals surface area contributed by atoms with Gasteiger partial charge in [0.2, 0.25) is 0 Å². The summed E-state index contributed by atoms with van der Waals surface area (Å²) in [7, 11) is 0. The number of anilines is 6. The molecule has 354 valence electrons. The SMILES string of the molecule is CC1(C)c2ccccc2-c2ccc(-c3cc4c5c(c3)N(c3ccc(-c6ccccc6)cc3)c3c(ccc6c3ccc3ccccc36)B5c3ccc5c(ccc6ccccc65)c3N4c3ccc(-c4ccccc4)cc3)cc21. The van der Waals surface area contributed by atoms with Gasteiger partial charge in [-0.05, 0) is 147 Å². The van der Waals surface area contributed by atoms with E-state index < -0.39 is 0 Å². The first-order chi connectivity index (χ1) is 37.5. The molecule has 0 saturated heterocycles. The molecule has 0 amide bonds. The Hall–Kier alpha value is -9.44. The molecule has 13 aromatic carbocycles. The molecule has 0 unspecified atom stereocenters. The zero-order chi connectivity index (χ0) is 50.2. The van der Waals surface area contributed by atoms with Crippen molar-refractivity contribution in [2.24, 2.45) is 0 Å². The number of benzene rings is 13. The van der Waals surface area contributed by atoms with Crippen LogP contribution in [0.25, 0.3) is 87.6 Å². The van der Waals surface area contributed by atoms with Crippen molar-refractivity contribution < 1.29 is 0 Å². The molecular formula is C73H49BN2. The minimum absolute atomic E-state index is 0.0797. The monoisotopic (exact) mass is 964 g/mol. The maximum Gasteiger partial charge on any atom is 0.252 e. The molecule has 3 aliphatic rings. The summed E-state index contributed by atoms with van der Waals surface area (Å²) in [5.74, 6) is 0. The Morgan fingerprint density at radius 1 is 0.303 bits per heavy atom. The van der Waals surface area contributed by atoms with Crippen LogP contribution >= 0.6 is 0 Å². The van der Waals surface area contributed by atoms with Gasteiger partial charge in [0.25, 0.3) is 6.71 Å². The van der Waals surface area contributed by atoms with E-state index in [9.17, 15) is 0 Å². The van der Waals surface area contributed by atoms with Crippen molar-refractivity contribution in [1.82, 2.24) is 0 Å². The summed E-state index contributed by atoms with van der Waals surface area (Å²) in [4.78, 5) is 5.23. The number of rotatable bonds is 5. The molecule has 0 fully saturated rings. The third-order valence-electron chi connectivity index (χ3n) is 17.2. The lowest BCUT2D eigenvalue weighted by atomic mass is 9.33. The molecule has 2 nitrogen and oxygen atoms in total. The topological polar surface area (TPSA) is 6.48 Å². The van der Waals surface area contributed by atoms with Gasteiger partial charge in [-0.2, -0.15) is 0 Å². The van der Waals surface area contributed by atoms with E-state index in [1.165, 1.54) is 138 Å². The van der Waals surface area contributed by atoms with Gasteiger partial charge in [0.05, 0.1) is 0 Å². The minimum atomic E-state index is -0.157. The second-order valence-electron chi connectivity index (χ2n) is 21.6. The van der Waals surface area contributed by atoms with Crippen LogP contribution in [0.4, 0.5) is 34.1 Å². The standard InChI is InChI=1S/C73H49BN2/c1-73(2)64-24-14-13-23-60(64)61-36-31-52(43-65(61)73)53-44-68-70-69(45-53)76(55-34-27-49(28-35-55)47-17-7-4-8-18-47)72-63-38-30-51-20-10-12-22-57(51)59(63)40-42-67(72)74(70)66-41-39-58-56-21-11-9-19-50(56)29-37-62(58)71(66)75(68)54-32-25-48(26-33-54)46-15-5-3-6-16-46/h3-45H,1-2H3. The third-order valence-corrected chi connectivity index (χ3v) is 17.2. The van der Waals surface area contributed by atoms with Crippen molar-refractivity contribution in [2.75, 3.05) is 9.80 Å². The fourth-order valence-corrected chi connectivity index (χ4v) is 13.6. The van der Waals surface area contributed by atoms with Gasteiger partial charge in [0.1, 0.15) is 0 Å². The molecule has 1 aliphatic carbocycles. The van der Waals surface area contributed by atoms with Crippen molar-refractivity contribution in [3.05, 3.63) is 272 Å². The van der Waals surface area contributed by atoms with Gasteiger partial charge in [0, 0.05) is 50.3 Å². The number of nitrogens with zero attached hydrogens (tertiary/aromatic N) is 2. The van der Waals surface area contributed by atoms with Gasteiger partial charge >= 0.3 is 0 Å². The highest BCUT2D eigenvalue weighted by Crippen LogP contribution is 2.53. The first kappa shape index (κ1) is 43.0. The fraction of sp³-hybridized carbons (Fsp3) is 0.0411. The number of hydrogen-bond acceptors (Lipinski definition) is 2. The summed E-state index contributed by atoms with van der Waals surface area (Å²) in [5.41, 5.74) is 23.4. The molecule has 3 heteroatoms. The maximum atomic E-state index is 2.61. The summed E-state index contributed by atoms with van der Waals surface area (Å²) in [5, 5.41) is 10.00. The maximum absolute atomic E-state index is 2.61. The quantitative estimate of drug-likeness (QED) is 0.125. The highest BCUT2D eigenvalue weighted by atomic mass is 15.2.